The highest BCUT2D eigenvalue weighted by Gasteiger charge is 2.09. The van der Waals surface area contributed by atoms with E-state index in [1.54, 1.807) is 14.2 Å². The van der Waals surface area contributed by atoms with Gasteiger partial charge in [-0.3, -0.25) is 0 Å². The molecule has 0 aliphatic carbocycles. The van der Waals surface area contributed by atoms with Crippen molar-refractivity contribution in [2.75, 3.05) is 25.7 Å². The average molecular weight is 268 g/mol. The van der Waals surface area contributed by atoms with E-state index in [2.05, 4.69) is 6.07 Å². The molecule has 2 aromatic carbocycles. The van der Waals surface area contributed by atoms with Crippen LogP contribution in [0.3, 0.4) is 0 Å². The SMILES string of the molecule is COc1ccc(N(CC#N)c2ccc(OC)cc2)cc1. The van der Waals surface area contributed by atoms with Gasteiger partial charge in [-0.05, 0) is 48.5 Å². The molecule has 2 aromatic rings. The normalized spacial score (nSPS) is 9.65. The Bertz CT molecular complexity index is 538. The number of nitrogens with zero attached hydrogens (tertiary/aromatic N) is 2. The zero-order valence-electron chi connectivity index (χ0n) is 11.5. The molecule has 0 aliphatic rings. The minimum Gasteiger partial charge on any atom is -0.497 e. The number of hydrogen-bond acceptors (Lipinski definition) is 4. The van der Waals surface area contributed by atoms with Crippen LogP contribution in [-0.4, -0.2) is 20.8 Å². The second-order valence-corrected chi connectivity index (χ2v) is 4.14. The highest BCUT2D eigenvalue weighted by molar-refractivity contribution is 5.65. The molecule has 0 fully saturated rings. The number of methoxy groups -OCH3 is 2. The summed E-state index contributed by atoms with van der Waals surface area (Å²) in [5, 5.41) is 9.02. The first kappa shape index (κ1) is 13.8. The van der Waals surface area contributed by atoms with Crippen LogP contribution >= 0.6 is 0 Å². The molecule has 4 nitrogen and oxygen atoms in total. The molecule has 0 radical (unpaired) electrons. The van der Waals surface area contributed by atoms with Gasteiger partial charge in [-0.25, -0.2) is 0 Å². The molecule has 0 heterocycles. The lowest BCUT2D eigenvalue weighted by Crippen LogP contribution is -2.16. The Balaban J connectivity index is 2.31. The fourth-order valence-corrected chi connectivity index (χ4v) is 1.93. The second kappa shape index (κ2) is 6.48. The summed E-state index contributed by atoms with van der Waals surface area (Å²) < 4.78 is 10.3. The molecule has 0 N–H and O–H groups in total. The van der Waals surface area contributed by atoms with Crippen LogP contribution in [0.2, 0.25) is 0 Å². The van der Waals surface area contributed by atoms with E-state index in [4.69, 9.17) is 14.7 Å². The molecule has 102 valence electrons. The number of anilines is 2. The van der Waals surface area contributed by atoms with Crippen molar-refractivity contribution >= 4 is 11.4 Å². The van der Waals surface area contributed by atoms with Crippen molar-refractivity contribution in [2.24, 2.45) is 0 Å². The van der Waals surface area contributed by atoms with Crippen LogP contribution in [0.1, 0.15) is 0 Å². The molecule has 0 spiro atoms. The average Bonchev–Trinajstić information content (AvgIpc) is 2.53. The molecule has 4 heteroatoms. The Hall–Kier alpha value is -2.67. The fourth-order valence-electron chi connectivity index (χ4n) is 1.93. The predicted molar refractivity (Wildman–Crippen MR) is 78.6 cm³/mol. The van der Waals surface area contributed by atoms with Gasteiger partial charge in [-0.2, -0.15) is 5.26 Å². The summed E-state index contributed by atoms with van der Waals surface area (Å²) in [4.78, 5) is 1.93. The molecule has 0 bridgehead atoms. The second-order valence-electron chi connectivity index (χ2n) is 4.14. The Morgan fingerprint density at radius 2 is 1.25 bits per heavy atom. The van der Waals surface area contributed by atoms with Crippen molar-refractivity contribution in [3.63, 3.8) is 0 Å². The smallest absolute Gasteiger partial charge is 0.119 e. The molecule has 0 aromatic heterocycles. The Kier molecular flexibility index (Phi) is 4.46. The highest BCUT2D eigenvalue weighted by atomic mass is 16.5. The van der Waals surface area contributed by atoms with Crippen LogP contribution in [0.15, 0.2) is 48.5 Å². The number of ether oxygens (including phenoxy) is 2. The van der Waals surface area contributed by atoms with Crippen molar-refractivity contribution in [1.29, 1.82) is 5.26 Å². The first-order valence-electron chi connectivity index (χ1n) is 6.21. The van der Waals surface area contributed by atoms with Gasteiger partial charge in [-0.15, -0.1) is 0 Å². The third-order valence-corrected chi connectivity index (χ3v) is 3.00. The van der Waals surface area contributed by atoms with Gasteiger partial charge in [0.25, 0.3) is 0 Å². The Labute approximate surface area is 118 Å². The standard InChI is InChI=1S/C16H16N2O2/c1-19-15-7-3-13(4-8-15)18(12-11-17)14-5-9-16(20-2)10-6-14/h3-10H,12H2,1-2H3. The van der Waals surface area contributed by atoms with Crippen LogP contribution in [0.25, 0.3) is 0 Å². The van der Waals surface area contributed by atoms with Crippen molar-refractivity contribution in [3.8, 4) is 17.6 Å². The summed E-state index contributed by atoms with van der Waals surface area (Å²) in [6.07, 6.45) is 0. The molecule has 0 aliphatic heterocycles. The minimum atomic E-state index is 0.276. The Morgan fingerprint density at radius 1 is 0.850 bits per heavy atom. The molecule has 0 unspecified atom stereocenters. The monoisotopic (exact) mass is 268 g/mol. The first-order valence-corrected chi connectivity index (χ1v) is 6.21. The molecule has 0 amide bonds. The van der Waals surface area contributed by atoms with Crippen molar-refractivity contribution < 1.29 is 9.47 Å². The molecular weight excluding hydrogens is 252 g/mol. The number of nitriles is 1. The summed E-state index contributed by atoms with van der Waals surface area (Å²) in [5.74, 6) is 1.58. The van der Waals surface area contributed by atoms with Gasteiger partial charge < -0.3 is 14.4 Å². The van der Waals surface area contributed by atoms with Crippen molar-refractivity contribution in [1.82, 2.24) is 0 Å². The van der Waals surface area contributed by atoms with Crippen molar-refractivity contribution in [3.05, 3.63) is 48.5 Å². The zero-order valence-corrected chi connectivity index (χ0v) is 11.5. The third kappa shape index (κ3) is 3.01. The zero-order chi connectivity index (χ0) is 14.4. The van der Waals surface area contributed by atoms with E-state index in [1.807, 2.05) is 53.4 Å². The maximum Gasteiger partial charge on any atom is 0.119 e. The number of hydrogen-bond donors (Lipinski definition) is 0. The van der Waals surface area contributed by atoms with E-state index in [0.717, 1.165) is 22.9 Å². The Morgan fingerprint density at radius 3 is 1.55 bits per heavy atom. The summed E-state index contributed by atoms with van der Waals surface area (Å²) in [6.45, 7) is 0.276. The van der Waals surface area contributed by atoms with E-state index in [-0.39, 0.29) is 6.54 Å². The van der Waals surface area contributed by atoms with Crippen molar-refractivity contribution in [2.45, 2.75) is 0 Å². The van der Waals surface area contributed by atoms with E-state index in [1.165, 1.54) is 0 Å². The third-order valence-electron chi connectivity index (χ3n) is 3.00. The topological polar surface area (TPSA) is 45.5 Å². The van der Waals surface area contributed by atoms with Crippen LogP contribution in [-0.2, 0) is 0 Å². The summed E-state index contributed by atoms with van der Waals surface area (Å²) in [6, 6.07) is 17.4. The molecule has 0 saturated heterocycles. The number of rotatable bonds is 5. The van der Waals surface area contributed by atoms with E-state index < -0.39 is 0 Å². The van der Waals surface area contributed by atoms with Gasteiger partial charge in [-0.1, -0.05) is 0 Å². The molecule has 20 heavy (non-hydrogen) atoms. The van der Waals surface area contributed by atoms with Gasteiger partial charge in [0.1, 0.15) is 18.0 Å². The molecule has 0 atom stereocenters. The number of benzene rings is 2. The van der Waals surface area contributed by atoms with Crippen LogP contribution in [0, 0.1) is 11.3 Å². The molecular formula is C16H16N2O2. The van der Waals surface area contributed by atoms with Crippen LogP contribution in [0.4, 0.5) is 11.4 Å². The van der Waals surface area contributed by atoms with E-state index >= 15 is 0 Å². The lowest BCUT2D eigenvalue weighted by molar-refractivity contribution is 0.415. The van der Waals surface area contributed by atoms with Crippen LogP contribution < -0.4 is 14.4 Å². The summed E-state index contributed by atoms with van der Waals surface area (Å²) >= 11 is 0. The van der Waals surface area contributed by atoms with E-state index in [0.29, 0.717) is 0 Å². The van der Waals surface area contributed by atoms with Crippen LogP contribution in [0.5, 0.6) is 11.5 Å². The van der Waals surface area contributed by atoms with Gasteiger partial charge >= 0.3 is 0 Å². The molecule has 0 saturated carbocycles. The quantitative estimate of drug-likeness (QED) is 0.780. The van der Waals surface area contributed by atoms with Gasteiger partial charge in [0.05, 0.1) is 20.3 Å². The summed E-state index contributed by atoms with van der Waals surface area (Å²) in [5.41, 5.74) is 1.88. The maximum atomic E-state index is 9.02. The maximum absolute atomic E-state index is 9.02. The van der Waals surface area contributed by atoms with E-state index in [9.17, 15) is 0 Å². The van der Waals surface area contributed by atoms with Gasteiger partial charge in [0.15, 0.2) is 0 Å². The van der Waals surface area contributed by atoms with Gasteiger partial charge in [0.2, 0.25) is 0 Å². The minimum absolute atomic E-state index is 0.276. The molecule has 2 rings (SSSR count). The highest BCUT2D eigenvalue weighted by Crippen LogP contribution is 2.28. The predicted octanol–water partition coefficient (Wildman–Crippen LogP) is 3.37. The van der Waals surface area contributed by atoms with Gasteiger partial charge in [0, 0.05) is 11.4 Å². The lowest BCUT2D eigenvalue weighted by atomic mass is 10.2. The fraction of sp³-hybridized carbons (Fsp3) is 0.188. The lowest BCUT2D eigenvalue weighted by Gasteiger charge is -2.22. The largest absolute Gasteiger partial charge is 0.497 e. The first-order chi connectivity index (χ1) is 9.78. The summed E-state index contributed by atoms with van der Waals surface area (Å²) in [7, 11) is 3.26.